The van der Waals surface area contributed by atoms with E-state index in [2.05, 4.69) is 10.3 Å². The van der Waals surface area contributed by atoms with E-state index in [-0.39, 0.29) is 23.4 Å². The first-order valence-corrected chi connectivity index (χ1v) is 7.58. The summed E-state index contributed by atoms with van der Waals surface area (Å²) in [6, 6.07) is 4.87. The lowest BCUT2D eigenvalue weighted by Crippen LogP contribution is -2.22. The molecule has 0 aliphatic heterocycles. The largest absolute Gasteiger partial charge is 0.416 e. The SMILES string of the molecule is Cc1ccc(NC(=O)c2cc(C(F)(F)F)cc(C(F)(F)F)c2)cc1N=C(N)N. The Labute approximate surface area is 155 Å². The second-order valence-corrected chi connectivity index (χ2v) is 5.79. The van der Waals surface area contributed by atoms with Gasteiger partial charge in [-0.2, -0.15) is 26.3 Å². The average Bonchev–Trinajstić information content (AvgIpc) is 2.55. The molecule has 0 bridgehead atoms. The number of aryl methyl sites for hydroxylation is 1. The van der Waals surface area contributed by atoms with Crippen molar-refractivity contribution in [3.63, 3.8) is 0 Å². The number of guanidine groups is 1. The van der Waals surface area contributed by atoms with Crippen molar-refractivity contribution in [1.29, 1.82) is 0 Å². The van der Waals surface area contributed by atoms with Crippen LogP contribution < -0.4 is 16.8 Å². The summed E-state index contributed by atoms with van der Waals surface area (Å²) in [5.74, 6) is -1.42. The van der Waals surface area contributed by atoms with Crippen LogP contribution in [0.2, 0.25) is 0 Å². The molecule has 0 atom stereocenters. The van der Waals surface area contributed by atoms with Crippen LogP contribution >= 0.6 is 0 Å². The van der Waals surface area contributed by atoms with Gasteiger partial charge in [-0.25, -0.2) is 4.99 Å². The zero-order chi connectivity index (χ0) is 21.3. The van der Waals surface area contributed by atoms with Gasteiger partial charge < -0.3 is 16.8 Å². The predicted molar refractivity (Wildman–Crippen MR) is 91.0 cm³/mol. The molecule has 0 saturated heterocycles. The summed E-state index contributed by atoms with van der Waals surface area (Å²) in [6.07, 6.45) is -10.1. The van der Waals surface area contributed by atoms with Crippen LogP contribution in [0.3, 0.4) is 0 Å². The lowest BCUT2D eigenvalue weighted by molar-refractivity contribution is -0.143. The van der Waals surface area contributed by atoms with E-state index < -0.39 is 35.0 Å². The summed E-state index contributed by atoms with van der Waals surface area (Å²) in [6.45, 7) is 1.66. The Hall–Kier alpha value is -3.24. The fourth-order valence-corrected chi connectivity index (χ4v) is 2.24. The number of benzene rings is 2. The van der Waals surface area contributed by atoms with Gasteiger partial charge in [-0.3, -0.25) is 4.79 Å². The molecule has 5 nitrogen and oxygen atoms in total. The summed E-state index contributed by atoms with van der Waals surface area (Å²) in [7, 11) is 0. The number of hydrogen-bond acceptors (Lipinski definition) is 2. The van der Waals surface area contributed by atoms with E-state index in [4.69, 9.17) is 11.5 Å². The van der Waals surface area contributed by atoms with E-state index in [9.17, 15) is 31.1 Å². The molecule has 0 aromatic heterocycles. The molecule has 150 valence electrons. The Morgan fingerprint density at radius 2 is 1.46 bits per heavy atom. The number of anilines is 1. The molecular formula is C17H14F6N4O. The highest BCUT2D eigenvalue weighted by molar-refractivity contribution is 6.04. The van der Waals surface area contributed by atoms with Crippen LogP contribution in [0.5, 0.6) is 0 Å². The number of nitrogens with zero attached hydrogens (tertiary/aromatic N) is 1. The monoisotopic (exact) mass is 404 g/mol. The van der Waals surface area contributed by atoms with Gasteiger partial charge in [0.15, 0.2) is 5.96 Å². The molecule has 0 spiro atoms. The third-order valence-corrected chi connectivity index (χ3v) is 3.57. The smallest absolute Gasteiger partial charge is 0.370 e. The van der Waals surface area contributed by atoms with Crippen LogP contribution in [-0.4, -0.2) is 11.9 Å². The number of nitrogens with one attached hydrogen (secondary N) is 1. The van der Waals surface area contributed by atoms with E-state index >= 15 is 0 Å². The van der Waals surface area contributed by atoms with Gasteiger partial charge in [0.25, 0.3) is 5.91 Å². The molecule has 2 aromatic carbocycles. The van der Waals surface area contributed by atoms with Gasteiger partial charge in [-0.15, -0.1) is 0 Å². The summed E-state index contributed by atoms with van der Waals surface area (Å²) in [5, 5.41) is 2.23. The first kappa shape index (κ1) is 21.1. The summed E-state index contributed by atoms with van der Waals surface area (Å²) < 4.78 is 77.4. The summed E-state index contributed by atoms with van der Waals surface area (Å²) >= 11 is 0. The number of aliphatic imine (C=N–C) groups is 1. The van der Waals surface area contributed by atoms with Crippen LogP contribution in [0.15, 0.2) is 41.4 Å². The lowest BCUT2D eigenvalue weighted by Gasteiger charge is -2.14. The van der Waals surface area contributed by atoms with Crippen molar-refractivity contribution in [2.75, 3.05) is 5.32 Å². The highest BCUT2D eigenvalue weighted by atomic mass is 19.4. The normalized spacial score (nSPS) is 11.8. The number of hydrogen-bond donors (Lipinski definition) is 3. The Morgan fingerprint density at radius 3 is 1.93 bits per heavy atom. The molecule has 5 N–H and O–H groups in total. The fraction of sp³-hybridized carbons (Fsp3) is 0.176. The number of amides is 1. The quantitative estimate of drug-likeness (QED) is 0.407. The van der Waals surface area contributed by atoms with Crippen LogP contribution in [0, 0.1) is 6.92 Å². The van der Waals surface area contributed by atoms with E-state index in [0.29, 0.717) is 17.7 Å². The van der Waals surface area contributed by atoms with Gasteiger partial charge in [0.2, 0.25) is 0 Å². The van der Waals surface area contributed by atoms with Crippen molar-refractivity contribution >= 4 is 23.2 Å². The van der Waals surface area contributed by atoms with Gasteiger partial charge in [-0.05, 0) is 42.8 Å². The fourth-order valence-electron chi connectivity index (χ4n) is 2.24. The maximum Gasteiger partial charge on any atom is 0.416 e. The van der Waals surface area contributed by atoms with Crippen molar-refractivity contribution in [1.82, 2.24) is 0 Å². The van der Waals surface area contributed by atoms with Crippen molar-refractivity contribution in [3.05, 3.63) is 58.7 Å². The van der Waals surface area contributed by atoms with Crippen molar-refractivity contribution in [2.45, 2.75) is 19.3 Å². The first-order valence-electron chi connectivity index (χ1n) is 7.58. The highest BCUT2D eigenvalue weighted by Crippen LogP contribution is 2.36. The molecule has 2 aromatic rings. The third kappa shape index (κ3) is 5.15. The maximum atomic E-state index is 12.9. The Morgan fingerprint density at radius 1 is 0.929 bits per heavy atom. The lowest BCUT2D eigenvalue weighted by atomic mass is 10.0. The molecule has 28 heavy (non-hydrogen) atoms. The first-order chi connectivity index (χ1) is 12.8. The van der Waals surface area contributed by atoms with E-state index in [1.165, 1.54) is 18.2 Å². The average molecular weight is 404 g/mol. The molecule has 0 radical (unpaired) electrons. The van der Waals surface area contributed by atoms with E-state index in [1.54, 1.807) is 6.92 Å². The predicted octanol–water partition coefficient (Wildman–Crippen LogP) is 4.19. The van der Waals surface area contributed by atoms with Crippen molar-refractivity contribution in [3.8, 4) is 0 Å². The molecular weight excluding hydrogens is 390 g/mol. The van der Waals surface area contributed by atoms with E-state index in [1.807, 2.05) is 0 Å². The molecule has 1 amide bonds. The van der Waals surface area contributed by atoms with Gasteiger partial charge in [0.1, 0.15) is 0 Å². The number of rotatable bonds is 3. The number of alkyl halides is 6. The third-order valence-electron chi connectivity index (χ3n) is 3.57. The number of carbonyl (C=O) groups is 1. The molecule has 0 heterocycles. The minimum Gasteiger partial charge on any atom is -0.370 e. The Bertz CT molecular complexity index is 898. The summed E-state index contributed by atoms with van der Waals surface area (Å²) in [5.41, 5.74) is 7.57. The van der Waals surface area contributed by atoms with Crippen LogP contribution in [-0.2, 0) is 12.4 Å². The van der Waals surface area contributed by atoms with Gasteiger partial charge in [-0.1, -0.05) is 6.07 Å². The molecule has 0 unspecified atom stereocenters. The second kappa shape index (κ2) is 7.41. The maximum absolute atomic E-state index is 12.9. The van der Waals surface area contributed by atoms with Crippen LogP contribution in [0.25, 0.3) is 0 Å². The van der Waals surface area contributed by atoms with Crippen molar-refractivity contribution < 1.29 is 31.1 Å². The van der Waals surface area contributed by atoms with Crippen molar-refractivity contribution in [2.24, 2.45) is 16.5 Å². The molecule has 2 rings (SSSR count). The minimum absolute atomic E-state index is 0.0560. The Balaban J connectivity index is 2.43. The minimum atomic E-state index is -5.05. The topological polar surface area (TPSA) is 93.5 Å². The van der Waals surface area contributed by atoms with Crippen LogP contribution in [0.4, 0.5) is 37.7 Å². The molecule has 0 aliphatic rings. The van der Waals surface area contributed by atoms with Crippen LogP contribution in [0.1, 0.15) is 27.0 Å². The van der Waals surface area contributed by atoms with E-state index in [0.717, 1.165) is 0 Å². The number of nitrogens with two attached hydrogens (primary N) is 2. The summed E-state index contributed by atoms with van der Waals surface area (Å²) in [4.78, 5) is 16.1. The van der Waals surface area contributed by atoms with Gasteiger partial charge in [0, 0.05) is 11.3 Å². The van der Waals surface area contributed by atoms with Gasteiger partial charge >= 0.3 is 12.4 Å². The molecule has 0 aliphatic carbocycles. The zero-order valence-corrected chi connectivity index (χ0v) is 14.2. The molecule has 0 saturated carbocycles. The molecule has 0 fully saturated rings. The number of carbonyl (C=O) groups excluding carboxylic acids is 1. The standard InChI is InChI=1S/C17H14F6N4O/c1-8-2-3-12(7-13(8)27-15(24)25)26-14(28)9-4-10(16(18,19)20)6-11(5-9)17(21,22)23/h2-7H,1H3,(H,26,28)(H4,24,25,27). The highest BCUT2D eigenvalue weighted by Gasteiger charge is 2.37. The second-order valence-electron chi connectivity index (χ2n) is 5.79. The molecule has 11 heteroatoms. The zero-order valence-electron chi connectivity index (χ0n) is 14.2. The number of halogens is 6. The Kier molecular flexibility index (Phi) is 5.57. The van der Waals surface area contributed by atoms with Gasteiger partial charge in [0.05, 0.1) is 16.8 Å².